The van der Waals surface area contributed by atoms with Crippen molar-refractivity contribution < 1.29 is 0 Å². The van der Waals surface area contributed by atoms with E-state index in [1.807, 2.05) is 0 Å². The molecule has 0 heterocycles. The van der Waals surface area contributed by atoms with Gasteiger partial charge in [0.15, 0.2) is 0 Å². The van der Waals surface area contributed by atoms with Crippen molar-refractivity contribution in [2.75, 3.05) is 0 Å². The van der Waals surface area contributed by atoms with E-state index < -0.39 is 0 Å². The third-order valence-corrected chi connectivity index (χ3v) is 3.91. The van der Waals surface area contributed by atoms with E-state index in [1.165, 1.54) is 12.0 Å². The summed E-state index contributed by atoms with van der Waals surface area (Å²) in [6.07, 6.45) is 1.44. The molecule has 0 aromatic rings. The Kier molecular flexibility index (Phi) is 0.962. The Bertz CT molecular complexity index is 192. The van der Waals surface area contributed by atoms with Crippen LogP contribution in [0.4, 0.5) is 0 Å². The highest BCUT2D eigenvalue weighted by atomic mass is 14.7. The normalized spacial score (nSPS) is 58.7. The molecule has 56 valence electrons. The number of hydrogen-bond donors (Lipinski definition) is 0. The summed E-state index contributed by atoms with van der Waals surface area (Å²) in [6.45, 7) is 11.1. The first-order valence-electron chi connectivity index (χ1n) is 4.27. The summed E-state index contributed by atoms with van der Waals surface area (Å²) in [7, 11) is 0. The lowest BCUT2D eigenvalue weighted by atomic mass is 9.98. The maximum atomic E-state index is 4.10. The van der Waals surface area contributed by atoms with E-state index >= 15 is 0 Å². The summed E-state index contributed by atoms with van der Waals surface area (Å²) in [5, 5.41) is 0. The van der Waals surface area contributed by atoms with E-state index in [2.05, 4.69) is 27.4 Å². The average Bonchev–Trinajstić information content (AvgIpc) is 2.71. The third-order valence-electron chi connectivity index (χ3n) is 3.91. The quantitative estimate of drug-likeness (QED) is 0.486. The first-order chi connectivity index (χ1) is 4.58. The average molecular weight is 136 g/mol. The van der Waals surface area contributed by atoms with Crippen LogP contribution in [-0.4, -0.2) is 0 Å². The lowest BCUT2D eigenvalue weighted by Gasteiger charge is -2.05. The Labute approximate surface area is 63.3 Å². The van der Waals surface area contributed by atoms with Crippen LogP contribution in [0.3, 0.4) is 0 Å². The van der Waals surface area contributed by atoms with Crippen LogP contribution in [0.25, 0.3) is 0 Å². The van der Waals surface area contributed by atoms with Gasteiger partial charge in [0.05, 0.1) is 0 Å². The second-order valence-corrected chi connectivity index (χ2v) is 4.35. The predicted molar refractivity (Wildman–Crippen MR) is 43.7 cm³/mol. The Morgan fingerprint density at radius 3 is 2.00 bits per heavy atom. The van der Waals surface area contributed by atoms with Crippen molar-refractivity contribution in [3.05, 3.63) is 12.2 Å². The molecule has 2 saturated carbocycles. The summed E-state index contributed by atoms with van der Waals surface area (Å²) in [5.74, 6) is 2.77. The second kappa shape index (κ2) is 1.49. The molecule has 4 unspecified atom stereocenters. The van der Waals surface area contributed by atoms with Gasteiger partial charge >= 0.3 is 0 Å². The van der Waals surface area contributed by atoms with Crippen LogP contribution in [0, 0.1) is 23.2 Å². The molecular weight excluding hydrogens is 120 g/mol. The molecule has 2 aliphatic rings. The molecule has 0 amide bonds. The van der Waals surface area contributed by atoms with Crippen LogP contribution >= 0.6 is 0 Å². The van der Waals surface area contributed by atoms with Crippen molar-refractivity contribution in [3.63, 3.8) is 0 Å². The number of hydrogen-bond acceptors (Lipinski definition) is 0. The Balaban J connectivity index is 2.13. The Hall–Kier alpha value is -0.260. The molecule has 0 aromatic heterocycles. The molecule has 0 aliphatic heterocycles. The van der Waals surface area contributed by atoms with Gasteiger partial charge in [-0.05, 0) is 29.6 Å². The van der Waals surface area contributed by atoms with Crippen molar-refractivity contribution >= 4 is 0 Å². The largest absolute Gasteiger partial charge is 0.0990 e. The molecule has 10 heavy (non-hydrogen) atoms. The molecule has 0 heteroatoms. The smallest absolute Gasteiger partial charge is 0.00224 e. The number of allylic oxidation sites excluding steroid dienone is 1. The lowest BCUT2D eigenvalue weighted by molar-refractivity contribution is 0.439. The van der Waals surface area contributed by atoms with Crippen LogP contribution in [0.1, 0.15) is 27.2 Å². The molecule has 0 saturated heterocycles. The minimum atomic E-state index is 0.555. The topological polar surface area (TPSA) is 0 Å². The van der Waals surface area contributed by atoms with Crippen LogP contribution in [-0.2, 0) is 0 Å². The Morgan fingerprint density at radius 1 is 1.50 bits per heavy atom. The van der Waals surface area contributed by atoms with Gasteiger partial charge in [-0.1, -0.05) is 32.9 Å². The Morgan fingerprint density at radius 2 is 1.90 bits per heavy atom. The zero-order valence-corrected chi connectivity index (χ0v) is 7.15. The van der Waals surface area contributed by atoms with Crippen LogP contribution < -0.4 is 0 Å². The summed E-state index contributed by atoms with van der Waals surface area (Å²) < 4.78 is 0. The predicted octanol–water partition coefficient (Wildman–Crippen LogP) is 2.85. The van der Waals surface area contributed by atoms with E-state index in [9.17, 15) is 0 Å². The van der Waals surface area contributed by atoms with Gasteiger partial charge in [-0.2, -0.15) is 0 Å². The zero-order valence-electron chi connectivity index (χ0n) is 7.15. The molecule has 0 aromatic carbocycles. The molecule has 0 N–H and O–H groups in total. The van der Waals surface area contributed by atoms with Gasteiger partial charge in [0.25, 0.3) is 0 Å². The highest BCUT2D eigenvalue weighted by Gasteiger charge is 2.62. The third kappa shape index (κ3) is 0.531. The summed E-state index contributed by atoms with van der Waals surface area (Å²) >= 11 is 0. The fraction of sp³-hybridized carbons (Fsp3) is 0.800. The van der Waals surface area contributed by atoms with E-state index in [0.717, 1.165) is 17.8 Å². The van der Waals surface area contributed by atoms with Crippen molar-refractivity contribution in [2.24, 2.45) is 23.2 Å². The van der Waals surface area contributed by atoms with Crippen LogP contribution in [0.5, 0.6) is 0 Å². The fourth-order valence-corrected chi connectivity index (χ4v) is 2.46. The molecule has 2 aliphatic carbocycles. The molecule has 2 fully saturated rings. The van der Waals surface area contributed by atoms with Gasteiger partial charge in [0.1, 0.15) is 0 Å². The SMILES string of the molecule is C=C1C(C)C1(C)C1CC1C. The minimum Gasteiger partial charge on any atom is -0.0990 e. The van der Waals surface area contributed by atoms with Gasteiger partial charge in [-0.3, -0.25) is 0 Å². The fourth-order valence-electron chi connectivity index (χ4n) is 2.46. The van der Waals surface area contributed by atoms with Crippen LogP contribution in [0.15, 0.2) is 12.2 Å². The lowest BCUT2D eigenvalue weighted by Crippen LogP contribution is -2.00. The van der Waals surface area contributed by atoms with Gasteiger partial charge in [-0.15, -0.1) is 0 Å². The van der Waals surface area contributed by atoms with Gasteiger partial charge < -0.3 is 0 Å². The standard InChI is InChI=1S/C10H16/c1-6-5-9(6)10(4)7(2)8(10)3/h6,8-9H,2,5H2,1,3-4H3. The van der Waals surface area contributed by atoms with E-state index in [4.69, 9.17) is 0 Å². The zero-order chi connectivity index (χ0) is 7.52. The van der Waals surface area contributed by atoms with E-state index in [1.54, 1.807) is 0 Å². The first-order valence-corrected chi connectivity index (χ1v) is 4.27. The molecule has 4 atom stereocenters. The van der Waals surface area contributed by atoms with E-state index in [0.29, 0.717) is 5.41 Å². The molecule has 0 bridgehead atoms. The molecule has 2 rings (SSSR count). The molecular formula is C10H16. The monoisotopic (exact) mass is 136 g/mol. The van der Waals surface area contributed by atoms with Gasteiger partial charge in [0, 0.05) is 0 Å². The maximum absolute atomic E-state index is 4.10. The summed E-state index contributed by atoms with van der Waals surface area (Å²) in [4.78, 5) is 0. The highest BCUT2D eigenvalue weighted by Crippen LogP contribution is 2.70. The molecule has 0 radical (unpaired) electrons. The van der Waals surface area contributed by atoms with Crippen molar-refractivity contribution in [3.8, 4) is 0 Å². The first kappa shape index (κ1) is 6.45. The van der Waals surface area contributed by atoms with Crippen LogP contribution in [0.2, 0.25) is 0 Å². The summed E-state index contributed by atoms with van der Waals surface area (Å²) in [6, 6.07) is 0. The number of rotatable bonds is 1. The van der Waals surface area contributed by atoms with E-state index in [-0.39, 0.29) is 0 Å². The van der Waals surface area contributed by atoms with Crippen molar-refractivity contribution in [1.29, 1.82) is 0 Å². The minimum absolute atomic E-state index is 0.555. The van der Waals surface area contributed by atoms with Gasteiger partial charge in [-0.25, -0.2) is 0 Å². The van der Waals surface area contributed by atoms with Gasteiger partial charge in [0.2, 0.25) is 0 Å². The van der Waals surface area contributed by atoms with Crippen molar-refractivity contribution in [1.82, 2.24) is 0 Å². The molecule has 0 nitrogen and oxygen atoms in total. The van der Waals surface area contributed by atoms with Crippen molar-refractivity contribution in [2.45, 2.75) is 27.2 Å². The maximum Gasteiger partial charge on any atom is -0.00224 e. The second-order valence-electron chi connectivity index (χ2n) is 4.35. The highest BCUT2D eigenvalue weighted by molar-refractivity contribution is 5.36. The molecule has 0 spiro atoms. The summed E-state index contributed by atoms with van der Waals surface area (Å²) in [5.41, 5.74) is 2.06.